The predicted octanol–water partition coefficient (Wildman–Crippen LogP) is 6.79. The maximum atomic E-state index is 13.1. The lowest BCUT2D eigenvalue weighted by molar-refractivity contribution is 0.103. The lowest BCUT2D eigenvalue weighted by Crippen LogP contribution is -2.13. The number of aryl methyl sites for hydroxylation is 2. The third-order valence-corrected chi connectivity index (χ3v) is 7.39. The molecular weight excluding hydrogens is 450 g/mol. The van der Waals surface area contributed by atoms with Gasteiger partial charge in [0.1, 0.15) is 5.02 Å². The summed E-state index contributed by atoms with van der Waals surface area (Å²) in [4.78, 5) is 25.7. The van der Waals surface area contributed by atoms with Gasteiger partial charge in [0.2, 0.25) is 5.30 Å². The summed E-state index contributed by atoms with van der Waals surface area (Å²) in [5.74, 6) is -0.373. The summed E-state index contributed by atoms with van der Waals surface area (Å²) < 4.78 is 13.1. The molecule has 0 radical (unpaired) electrons. The minimum atomic E-state index is -2.64. The van der Waals surface area contributed by atoms with Gasteiger partial charge in [-0.3, -0.25) is 4.79 Å². The monoisotopic (exact) mass is 463 g/mol. The third kappa shape index (κ3) is 4.15. The summed E-state index contributed by atoms with van der Waals surface area (Å²) in [5, 5.41) is -0.346. The highest BCUT2D eigenvalue weighted by atomic mass is 35.5. The Morgan fingerprint density at radius 2 is 1.41 bits per heavy atom. The second-order valence-corrected chi connectivity index (χ2v) is 9.05. The molecule has 3 aromatic carbocycles. The van der Waals surface area contributed by atoms with E-state index in [2.05, 4.69) is 0 Å². The van der Waals surface area contributed by atoms with Gasteiger partial charge in [-0.1, -0.05) is 87.9 Å². The topological polar surface area (TPSA) is 51.2 Å². The van der Waals surface area contributed by atoms with E-state index in [0.29, 0.717) is 22.3 Å². The van der Waals surface area contributed by atoms with Gasteiger partial charge in [0.25, 0.3) is 0 Å². The van der Waals surface area contributed by atoms with Crippen LogP contribution in [0, 0.1) is 13.8 Å². The Morgan fingerprint density at radius 3 is 2.00 bits per heavy atom. The van der Waals surface area contributed by atoms with Gasteiger partial charge in [-0.05, 0) is 31.0 Å². The van der Waals surface area contributed by atoms with E-state index < -0.39 is 13.3 Å². The van der Waals surface area contributed by atoms with Crippen LogP contribution in [0.25, 0.3) is 0 Å². The van der Waals surface area contributed by atoms with E-state index in [0.717, 1.165) is 0 Å². The zero-order valence-electron chi connectivity index (χ0n) is 15.5. The Kier molecular flexibility index (Phi) is 6.55. The van der Waals surface area contributed by atoms with Crippen molar-refractivity contribution in [3.63, 3.8) is 0 Å². The molecule has 0 fully saturated rings. The molecular formula is C22H15Cl3O3P+. The molecule has 3 rings (SSSR count). The minimum absolute atomic E-state index is 0.0422. The van der Waals surface area contributed by atoms with E-state index in [1.165, 1.54) is 6.07 Å². The molecule has 0 aromatic heterocycles. The van der Waals surface area contributed by atoms with Gasteiger partial charge < -0.3 is 0 Å². The summed E-state index contributed by atoms with van der Waals surface area (Å²) in [6.45, 7) is 3.53. The SMILES string of the molecule is Cc1cccc(C)c1C(=O)[P+](=O)c1c(Cl)cc(C(=O)c2ccccc2)c(Cl)c1Cl. The molecule has 29 heavy (non-hydrogen) atoms. The molecule has 3 nitrogen and oxygen atoms in total. The van der Waals surface area contributed by atoms with Gasteiger partial charge in [0, 0.05) is 11.1 Å². The quantitative estimate of drug-likeness (QED) is 0.237. The Balaban J connectivity index is 2.08. The van der Waals surface area contributed by atoms with Crippen LogP contribution in [0.2, 0.25) is 15.1 Å². The van der Waals surface area contributed by atoms with Gasteiger partial charge in [-0.2, -0.15) is 0 Å². The third-order valence-electron chi connectivity index (χ3n) is 4.50. The predicted molar refractivity (Wildman–Crippen MR) is 119 cm³/mol. The molecule has 3 aromatic rings. The zero-order valence-corrected chi connectivity index (χ0v) is 18.7. The number of hydrogen-bond acceptors (Lipinski definition) is 3. The Bertz CT molecular complexity index is 1140. The van der Waals surface area contributed by atoms with E-state index in [1.807, 2.05) is 6.07 Å². The van der Waals surface area contributed by atoms with Crippen molar-refractivity contribution in [3.8, 4) is 0 Å². The number of carbonyl (C=O) groups is 2. The van der Waals surface area contributed by atoms with Crippen molar-refractivity contribution in [1.29, 1.82) is 0 Å². The van der Waals surface area contributed by atoms with Crippen molar-refractivity contribution < 1.29 is 14.2 Å². The fourth-order valence-electron chi connectivity index (χ4n) is 3.04. The molecule has 0 heterocycles. The molecule has 7 heteroatoms. The minimum Gasteiger partial charge on any atom is -0.289 e. The molecule has 0 N–H and O–H groups in total. The molecule has 1 unspecified atom stereocenters. The van der Waals surface area contributed by atoms with Crippen LogP contribution in [0.1, 0.15) is 37.4 Å². The molecule has 0 saturated heterocycles. The average molecular weight is 465 g/mol. The van der Waals surface area contributed by atoms with Crippen LogP contribution in [0.3, 0.4) is 0 Å². The maximum Gasteiger partial charge on any atom is 0.461 e. The second-order valence-electron chi connectivity index (χ2n) is 6.44. The average Bonchev–Trinajstić information content (AvgIpc) is 2.70. The summed E-state index contributed by atoms with van der Waals surface area (Å²) in [5.41, 5.74) is 1.67. The molecule has 1 atom stereocenters. The Hall–Kier alpha value is -2.03. The first-order chi connectivity index (χ1) is 13.7. The Morgan fingerprint density at radius 1 is 0.828 bits per heavy atom. The number of ketones is 1. The number of hydrogen-bond donors (Lipinski definition) is 0. The fraction of sp³-hybridized carbons (Fsp3) is 0.0909. The summed E-state index contributed by atoms with van der Waals surface area (Å²) >= 11 is 19.0. The van der Waals surface area contributed by atoms with Crippen molar-refractivity contribution in [1.82, 2.24) is 0 Å². The summed E-state index contributed by atoms with van der Waals surface area (Å²) in [7, 11) is -2.64. The van der Waals surface area contributed by atoms with Crippen molar-refractivity contribution in [2.45, 2.75) is 13.8 Å². The van der Waals surface area contributed by atoms with E-state index in [1.54, 1.807) is 56.3 Å². The number of halogens is 3. The van der Waals surface area contributed by atoms with E-state index in [4.69, 9.17) is 34.8 Å². The Labute approximate surface area is 184 Å². The van der Waals surface area contributed by atoms with Crippen molar-refractivity contribution in [2.75, 3.05) is 0 Å². The molecule has 0 spiro atoms. The molecule has 0 aliphatic rings. The molecule has 0 saturated carbocycles. The van der Waals surface area contributed by atoms with Gasteiger partial charge in [0.05, 0.1) is 15.6 Å². The van der Waals surface area contributed by atoms with Crippen LogP contribution in [-0.4, -0.2) is 11.3 Å². The first-order valence-electron chi connectivity index (χ1n) is 8.59. The molecule has 0 aliphatic heterocycles. The van der Waals surface area contributed by atoms with Crippen LogP contribution in [0.4, 0.5) is 0 Å². The highest BCUT2D eigenvalue weighted by Gasteiger charge is 2.40. The second kappa shape index (κ2) is 8.77. The van der Waals surface area contributed by atoms with Gasteiger partial charge >= 0.3 is 13.3 Å². The molecule has 146 valence electrons. The smallest absolute Gasteiger partial charge is 0.289 e. The maximum absolute atomic E-state index is 13.1. The van der Waals surface area contributed by atoms with Crippen LogP contribution in [0.5, 0.6) is 0 Å². The number of rotatable bonds is 5. The fourth-order valence-corrected chi connectivity index (χ4v) is 5.56. The van der Waals surface area contributed by atoms with Crippen molar-refractivity contribution in [3.05, 3.63) is 97.5 Å². The highest BCUT2D eigenvalue weighted by molar-refractivity contribution is 7.72. The normalized spacial score (nSPS) is 11.3. The van der Waals surface area contributed by atoms with E-state index in [-0.39, 0.29) is 31.7 Å². The molecule has 0 aliphatic carbocycles. The number of carbonyl (C=O) groups excluding carboxylic acids is 2. The largest absolute Gasteiger partial charge is 0.461 e. The molecule has 0 bridgehead atoms. The van der Waals surface area contributed by atoms with Crippen LogP contribution >= 0.6 is 42.6 Å². The van der Waals surface area contributed by atoms with Crippen LogP contribution in [-0.2, 0) is 4.57 Å². The lowest BCUT2D eigenvalue weighted by atomic mass is 10.0. The standard InChI is InChI=1S/C22H15Cl3O3P/c1-12-7-6-8-13(2)17(12)22(27)29(28)21-16(23)11-15(18(24)19(21)25)20(26)14-9-4-3-5-10-14/h3-11H,1-2H3/q+1. The van der Waals surface area contributed by atoms with Gasteiger partial charge in [-0.25, -0.2) is 4.79 Å². The van der Waals surface area contributed by atoms with Gasteiger partial charge in [-0.15, -0.1) is 0 Å². The first-order valence-corrected chi connectivity index (χ1v) is 11.0. The van der Waals surface area contributed by atoms with Crippen molar-refractivity contribution in [2.24, 2.45) is 0 Å². The van der Waals surface area contributed by atoms with Gasteiger partial charge in [0.15, 0.2) is 5.78 Å². The summed E-state index contributed by atoms with van der Waals surface area (Å²) in [6.07, 6.45) is 0. The molecule has 0 amide bonds. The van der Waals surface area contributed by atoms with E-state index >= 15 is 0 Å². The highest BCUT2D eigenvalue weighted by Crippen LogP contribution is 2.39. The lowest BCUT2D eigenvalue weighted by Gasteiger charge is -2.08. The zero-order chi connectivity index (χ0) is 21.3. The number of benzene rings is 3. The van der Waals surface area contributed by atoms with Crippen LogP contribution < -0.4 is 5.30 Å². The first kappa shape index (κ1) is 21.7. The van der Waals surface area contributed by atoms with Crippen molar-refractivity contribution >= 4 is 59.2 Å². The summed E-state index contributed by atoms with van der Waals surface area (Å²) in [6, 6.07) is 15.2. The van der Waals surface area contributed by atoms with Crippen LogP contribution in [0.15, 0.2) is 54.6 Å². The van der Waals surface area contributed by atoms with E-state index in [9.17, 15) is 14.2 Å².